The molecule has 2 saturated heterocycles. The maximum absolute atomic E-state index is 12.9. The minimum absolute atomic E-state index is 0.0734. The Morgan fingerprint density at radius 2 is 2.24 bits per heavy atom. The molecular formula is C21H27NO3. The summed E-state index contributed by atoms with van der Waals surface area (Å²) in [5, 5.41) is 0. The Morgan fingerprint density at radius 1 is 1.36 bits per heavy atom. The van der Waals surface area contributed by atoms with Gasteiger partial charge in [-0.15, -0.1) is 0 Å². The number of benzene rings is 1. The van der Waals surface area contributed by atoms with Crippen LogP contribution in [0.15, 0.2) is 18.2 Å². The fraction of sp³-hybridized carbons (Fsp3) is 0.667. The third kappa shape index (κ3) is 2.33. The van der Waals surface area contributed by atoms with Gasteiger partial charge in [-0.25, -0.2) is 0 Å². The Bertz CT molecular complexity index is 698. The molecule has 4 heteroatoms. The first-order chi connectivity index (χ1) is 12.2. The zero-order valence-electron chi connectivity index (χ0n) is 15.0. The van der Waals surface area contributed by atoms with Crippen molar-refractivity contribution < 1.29 is 14.3 Å². The van der Waals surface area contributed by atoms with Crippen LogP contribution in [0.1, 0.15) is 43.7 Å². The molecule has 2 heterocycles. The third-order valence-electron chi connectivity index (χ3n) is 6.87. The van der Waals surface area contributed by atoms with E-state index in [9.17, 15) is 4.79 Å². The van der Waals surface area contributed by atoms with Gasteiger partial charge in [0.05, 0.1) is 13.2 Å². The van der Waals surface area contributed by atoms with Gasteiger partial charge in [0.25, 0.3) is 0 Å². The Morgan fingerprint density at radius 3 is 3.04 bits per heavy atom. The van der Waals surface area contributed by atoms with Gasteiger partial charge < -0.3 is 14.4 Å². The highest BCUT2D eigenvalue weighted by atomic mass is 16.5. The molecule has 4 aliphatic rings. The maximum Gasteiger partial charge on any atom is 0.225 e. The van der Waals surface area contributed by atoms with Crippen molar-refractivity contribution in [3.8, 4) is 5.75 Å². The maximum atomic E-state index is 12.9. The first-order valence-electron chi connectivity index (χ1n) is 9.87. The summed E-state index contributed by atoms with van der Waals surface area (Å²) in [7, 11) is 0. The summed E-state index contributed by atoms with van der Waals surface area (Å²) in [6.45, 7) is 5.23. The standard InChI is InChI=1S/C21H27NO3/c1-2-25-16-6-5-15-11-19-17-7-10-24-13-21(17,18(15)12-16)8-9-22(19)20(23)14-3-4-14/h5-6,12,14,17,19H,2-4,7-11,13H2,1H3/t17-,19+,21-/m0/s1. The molecule has 3 fully saturated rings. The van der Waals surface area contributed by atoms with Gasteiger partial charge in [0.1, 0.15) is 5.75 Å². The van der Waals surface area contributed by atoms with Crippen LogP contribution in [0.4, 0.5) is 0 Å². The highest BCUT2D eigenvalue weighted by Gasteiger charge is 2.56. The zero-order valence-corrected chi connectivity index (χ0v) is 15.0. The second-order valence-corrected chi connectivity index (χ2v) is 8.18. The van der Waals surface area contributed by atoms with Gasteiger partial charge in [-0.05, 0) is 68.2 Å². The first-order valence-corrected chi connectivity index (χ1v) is 9.87. The van der Waals surface area contributed by atoms with Crippen LogP contribution >= 0.6 is 0 Å². The number of rotatable bonds is 3. The van der Waals surface area contributed by atoms with E-state index in [1.165, 1.54) is 11.1 Å². The number of fused-ring (bicyclic) bond motifs is 1. The molecular weight excluding hydrogens is 314 g/mol. The summed E-state index contributed by atoms with van der Waals surface area (Å²) in [4.78, 5) is 15.1. The van der Waals surface area contributed by atoms with Gasteiger partial charge in [-0.2, -0.15) is 0 Å². The average molecular weight is 341 g/mol. The van der Waals surface area contributed by atoms with Crippen LogP contribution in [-0.2, 0) is 21.4 Å². The van der Waals surface area contributed by atoms with Crippen LogP contribution in [0.5, 0.6) is 5.75 Å². The highest BCUT2D eigenvalue weighted by Crippen LogP contribution is 2.53. The van der Waals surface area contributed by atoms with E-state index in [1.807, 2.05) is 6.92 Å². The van der Waals surface area contributed by atoms with E-state index in [0.717, 1.165) is 57.6 Å². The molecule has 1 amide bonds. The molecule has 4 nitrogen and oxygen atoms in total. The lowest BCUT2D eigenvalue weighted by Crippen LogP contribution is -2.64. The summed E-state index contributed by atoms with van der Waals surface area (Å²) in [5.41, 5.74) is 2.89. The van der Waals surface area contributed by atoms with E-state index in [2.05, 4.69) is 23.1 Å². The van der Waals surface area contributed by atoms with Gasteiger partial charge >= 0.3 is 0 Å². The molecule has 0 aromatic heterocycles. The van der Waals surface area contributed by atoms with Crippen molar-refractivity contribution in [3.05, 3.63) is 29.3 Å². The van der Waals surface area contributed by atoms with Crippen molar-refractivity contribution >= 4 is 5.91 Å². The van der Waals surface area contributed by atoms with Crippen molar-refractivity contribution in [2.45, 2.75) is 50.5 Å². The summed E-state index contributed by atoms with van der Waals surface area (Å²) < 4.78 is 11.8. The van der Waals surface area contributed by atoms with Gasteiger partial charge in [-0.3, -0.25) is 4.79 Å². The van der Waals surface area contributed by atoms with Crippen molar-refractivity contribution in [2.75, 3.05) is 26.4 Å². The Hall–Kier alpha value is -1.55. The lowest BCUT2D eigenvalue weighted by molar-refractivity contribution is -0.146. The minimum Gasteiger partial charge on any atom is -0.494 e. The predicted octanol–water partition coefficient (Wildman–Crippen LogP) is 2.93. The predicted molar refractivity (Wildman–Crippen MR) is 94.8 cm³/mol. The van der Waals surface area contributed by atoms with Crippen LogP contribution in [-0.4, -0.2) is 43.2 Å². The fourth-order valence-corrected chi connectivity index (χ4v) is 5.55. The molecule has 1 aromatic carbocycles. The number of amides is 1. The summed E-state index contributed by atoms with van der Waals surface area (Å²) >= 11 is 0. The van der Waals surface area contributed by atoms with E-state index in [1.54, 1.807) is 0 Å². The van der Waals surface area contributed by atoms with Crippen LogP contribution < -0.4 is 4.74 Å². The Labute approximate surface area is 149 Å². The number of likely N-dealkylation sites (tertiary alicyclic amines) is 1. The Kier molecular flexibility index (Phi) is 3.60. The molecule has 134 valence electrons. The number of carbonyl (C=O) groups excluding carboxylic acids is 1. The molecule has 0 N–H and O–H groups in total. The second kappa shape index (κ2) is 5.73. The smallest absolute Gasteiger partial charge is 0.225 e. The molecule has 0 radical (unpaired) electrons. The van der Waals surface area contributed by atoms with Gasteiger partial charge in [-0.1, -0.05) is 6.07 Å². The van der Waals surface area contributed by atoms with Gasteiger partial charge in [0, 0.05) is 30.5 Å². The molecule has 1 saturated carbocycles. The number of nitrogens with zero attached hydrogens (tertiary/aromatic N) is 1. The van der Waals surface area contributed by atoms with Crippen molar-refractivity contribution in [1.82, 2.24) is 4.90 Å². The Balaban J connectivity index is 1.57. The lowest BCUT2D eigenvalue weighted by Gasteiger charge is -2.58. The van der Waals surface area contributed by atoms with E-state index >= 15 is 0 Å². The number of carbonyl (C=O) groups is 1. The monoisotopic (exact) mass is 341 g/mol. The zero-order chi connectivity index (χ0) is 17.0. The van der Waals surface area contributed by atoms with Crippen molar-refractivity contribution in [3.63, 3.8) is 0 Å². The largest absolute Gasteiger partial charge is 0.494 e. The topological polar surface area (TPSA) is 38.8 Å². The van der Waals surface area contributed by atoms with E-state index in [4.69, 9.17) is 9.47 Å². The minimum atomic E-state index is 0.0734. The molecule has 2 aliphatic carbocycles. The van der Waals surface area contributed by atoms with Crippen LogP contribution in [0, 0.1) is 11.8 Å². The van der Waals surface area contributed by atoms with E-state index in [0.29, 0.717) is 30.4 Å². The number of hydrogen-bond acceptors (Lipinski definition) is 3. The number of piperidine rings is 1. The van der Waals surface area contributed by atoms with Crippen LogP contribution in [0.25, 0.3) is 0 Å². The van der Waals surface area contributed by atoms with Gasteiger partial charge in [0.15, 0.2) is 0 Å². The molecule has 2 bridgehead atoms. The van der Waals surface area contributed by atoms with E-state index < -0.39 is 0 Å². The van der Waals surface area contributed by atoms with Crippen molar-refractivity contribution in [2.24, 2.45) is 11.8 Å². The molecule has 0 unspecified atom stereocenters. The lowest BCUT2D eigenvalue weighted by atomic mass is 9.56. The first kappa shape index (κ1) is 15.7. The molecule has 5 rings (SSSR count). The second-order valence-electron chi connectivity index (χ2n) is 8.18. The molecule has 0 spiro atoms. The summed E-state index contributed by atoms with van der Waals surface area (Å²) in [6, 6.07) is 6.93. The summed E-state index contributed by atoms with van der Waals surface area (Å²) in [5.74, 6) is 2.23. The van der Waals surface area contributed by atoms with Crippen LogP contribution in [0.2, 0.25) is 0 Å². The highest BCUT2D eigenvalue weighted by molar-refractivity contribution is 5.81. The quantitative estimate of drug-likeness (QED) is 0.848. The molecule has 1 aromatic rings. The average Bonchev–Trinajstić information content (AvgIpc) is 3.47. The van der Waals surface area contributed by atoms with Crippen molar-refractivity contribution in [1.29, 1.82) is 0 Å². The molecule has 3 atom stereocenters. The third-order valence-corrected chi connectivity index (χ3v) is 6.87. The van der Waals surface area contributed by atoms with Crippen LogP contribution in [0.3, 0.4) is 0 Å². The number of ether oxygens (including phenoxy) is 2. The molecule has 25 heavy (non-hydrogen) atoms. The summed E-state index contributed by atoms with van der Waals surface area (Å²) in [6.07, 6.45) is 5.27. The fourth-order valence-electron chi connectivity index (χ4n) is 5.55. The SMILES string of the molecule is CCOc1ccc2c(c1)[C@]13CCN(C(=O)C4CC4)[C@H](C2)[C@@H]1CCOC3. The molecule has 2 aliphatic heterocycles. The van der Waals surface area contributed by atoms with Gasteiger partial charge in [0.2, 0.25) is 5.91 Å². The normalized spacial score (nSPS) is 33.4. The van der Waals surface area contributed by atoms with E-state index in [-0.39, 0.29) is 5.41 Å². The number of hydrogen-bond donors (Lipinski definition) is 0.